The number of hydrogen-bond acceptors (Lipinski definition) is 6. The van der Waals surface area contributed by atoms with Crippen molar-refractivity contribution in [2.45, 2.75) is 25.3 Å². The third kappa shape index (κ3) is 5.41. The number of carbonyl (C=O) groups is 1. The second-order valence-electron chi connectivity index (χ2n) is 7.51. The summed E-state index contributed by atoms with van der Waals surface area (Å²) in [6.07, 6.45) is 3.60. The third-order valence-electron chi connectivity index (χ3n) is 5.71. The molecule has 1 N–H and O–H groups in total. The topological polar surface area (TPSA) is 69.3 Å². The van der Waals surface area contributed by atoms with Gasteiger partial charge in [-0.05, 0) is 55.8 Å². The van der Waals surface area contributed by atoms with Crippen LogP contribution in [0.3, 0.4) is 0 Å². The molecule has 0 radical (unpaired) electrons. The minimum Gasteiger partial charge on any atom is -0.497 e. The summed E-state index contributed by atoms with van der Waals surface area (Å²) < 4.78 is 21.4. The zero-order valence-electron chi connectivity index (χ0n) is 18.8. The molecule has 1 heterocycles. The first-order chi connectivity index (χ1) is 15.1. The second-order valence-corrected chi connectivity index (χ2v) is 7.51. The van der Waals surface area contributed by atoms with Crippen LogP contribution in [0, 0.1) is 0 Å². The Hall–Kier alpha value is -2.93. The lowest BCUT2D eigenvalue weighted by Gasteiger charge is -2.35. The number of amides is 1. The minimum atomic E-state index is -0.185. The van der Waals surface area contributed by atoms with Gasteiger partial charge in [0.2, 0.25) is 5.75 Å². The molecule has 1 amide bonds. The molecule has 7 heteroatoms. The predicted molar refractivity (Wildman–Crippen MR) is 120 cm³/mol. The third-order valence-corrected chi connectivity index (χ3v) is 5.71. The van der Waals surface area contributed by atoms with E-state index in [-0.39, 0.29) is 11.9 Å². The number of rotatable bonds is 9. The van der Waals surface area contributed by atoms with E-state index in [2.05, 4.69) is 22.3 Å². The Balaban J connectivity index is 1.79. The van der Waals surface area contributed by atoms with Gasteiger partial charge < -0.3 is 24.3 Å². The van der Waals surface area contributed by atoms with E-state index in [4.69, 9.17) is 18.9 Å². The van der Waals surface area contributed by atoms with Crippen LogP contribution < -0.4 is 24.3 Å². The van der Waals surface area contributed by atoms with Crippen molar-refractivity contribution < 1.29 is 23.7 Å². The van der Waals surface area contributed by atoms with Crippen LogP contribution in [0.4, 0.5) is 0 Å². The van der Waals surface area contributed by atoms with E-state index >= 15 is 0 Å². The number of nitrogens with one attached hydrogen (secondary N) is 1. The Kier molecular flexibility index (Phi) is 8.00. The Morgan fingerprint density at radius 1 is 0.903 bits per heavy atom. The Labute approximate surface area is 184 Å². The van der Waals surface area contributed by atoms with Crippen LogP contribution in [0.2, 0.25) is 0 Å². The number of ether oxygens (including phenoxy) is 4. The zero-order valence-corrected chi connectivity index (χ0v) is 18.8. The number of piperidine rings is 1. The van der Waals surface area contributed by atoms with E-state index in [9.17, 15) is 4.79 Å². The van der Waals surface area contributed by atoms with Gasteiger partial charge in [0.1, 0.15) is 5.75 Å². The molecule has 0 aliphatic carbocycles. The fraction of sp³-hybridized carbons (Fsp3) is 0.458. The number of carbonyl (C=O) groups excluding carboxylic acids is 1. The van der Waals surface area contributed by atoms with E-state index in [1.165, 1.54) is 40.6 Å². The summed E-state index contributed by atoms with van der Waals surface area (Å²) in [6.45, 7) is 2.55. The molecule has 3 rings (SSSR count). The summed E-state index contributed by atoms with van der Waals surface area (Å²) in [5.74, 6) is 2.01. The fourth-order valence-electron chi connectivity index (χ4n) is 4.02. The van der Waals surface area contributed by atoms with Crippen molar-refractivity contribution >= 4 is 5.91 Å². The maximum Gasteiger partial charge on any atom is 0.251 e. The standard InChI is InChI=1S/C24H32N2O5/c1-28-19-10-8-17(9-11-19)20(26-12-6-5-7-13-26)16-25-24(27)18-14-21(29-2)23(31-4)22(15-18)30-3/h8-11,14-15,20H,5-7,12-13,16H2,1-4H3,(H,25,27)/t20-/m1/s1. The van der Waals surface area contributed by atoms with Gasteiger partial charge in [-0.15, -0.1) is 0 Å². The summed E-state index contributed by atoms with van der Waals surface area (Å²) in [6, 6.07) is 11.5. The highest BCUT2D eigenvalue weighted by atomic mass is 16.5. The van der Waals surface area contributed by atoms with Crippen LogP contribution in [-0.2, 0) is 0 Å². The van der Waals surface area contributed by atoms with Crippen LogP contribution in [-0.4, -0.2) is 58.9 Å². The van der Waals surface area contributed by atoms with Gasteiger partial charge in [0.25, 0.3) is 5.91 Å². The van der Waals surface area contributed by atoms with Gasteiger partial charge in [0.05, 0.1) is 34.5 Å². The number of methoxy groups -OCH3 is 4. The molecule has 1 aliphatic rings. The Bertz CT molecular complexity index is 838. The highest BCUT2D eigenvalue weighted by Gasteiger charge is 2.24. The predicted octanol–water partition coefficient (Wildman–Crippen LogP) is 3.68. The molecule has 0 spiro atoms. The summed E-state index contributed by atoms with van der Waals surface area (Å²) in [4.78, 5) is 15.4. The van der Waals surface area contributed by atoms with Crippen LogP contribution in [0.15, 0.2) is 36.4 Å². The average molecular weight is 429 g/mol. The van der Waals surface area contributed by atoms with Gasteiger partial charge >= 0.3 is 0 Å². The minimum absolute atomic E-state index is 0.0946. The maximum atomic E-state index is 13.0. The molecule has 31 heavy (non-hydrogen) atoms. The molecule has 0 saturated carbocycles. The first-order valence-electron chi connectivity index (χ1n) is 10.6. The Morgan fingerprint density at radius 3 is 2.03 bits per heavy atom. The highest BCUT2D eigenvalue weighted by molar-refractivity contribution is 5.95. The largest absolute Gasteiger partial charge is 0.497 e. The molecule has 0 bridgehead atoms. The molecule has 168 valence electrons. The summed E-state index contributed by atoms with van der Waals surface area (Å²) in [7, 11) is 6.27. The van der Waals surface area contributed by atoms with Gasteiger partial charge in [-0.3, -0.25) is 9.69 Å². The molecule has 0 unspecified atom stereocenters. The second kappa shape index (κ2) is 10.9. The normalized spacial score (nSPS) is 15.1. The van der Waals surface area contributed by atoms with Gasteiger partial charge in [-0.2, -0.15) is 0 Å². The molecule has 7 nitrogen and oxygen atoms in total. The first-order valence-corrected chi connectivity index (χ1v) is 10.6. The van der Waals surface area contributed by atoms with Gasteiger partial charge in [-0.1, -0.05) is 18.6 Å². The van der Waals surface area contributed by atoms with Crippen molar-refractivity contribution in [3.8, 4) is 23.0 Å². The molecule has 1 aliphatic heterocycles. The summed E-state index contributed by atoms with van der Waals surface area (Å²) in [5.41, 5.74) is 1.62. The van der Waals surface area contributed by atoms with E-state index in [1.807, 2.05) is 12.1 Å². The lowest BCUT2D eigenvalue weighted by Crippen LogP contribution is -2.40. The number of benzene rings is 2. The number of likely N-dealkylation sites (tertiary alicyclic amines) is 1. The summed E-state index contributed by atoms with van der Waals surface area (Å²) in [5, 5.41) is 3.10. The lowest BCUT2D eigenvalue weighted by atomic mass is 10.0. The smallest absolute Gasteiger partial charge is 0.251 e. The molecule has 1 fully saturated rings. The van der Waals surface area contributed by atoms with Crippen LogP contribution >= 0.6 is 0 Å². The van der Waals surface area contributed by atoms with E-state index in [1.54, 1.807) is 19.2 Å². The molecule has 2 aromatic rings. The van der Waals surface area contributed by atoms with Gasteiger partial charge in [0, 0.05) is 12.1 Å². The Morgan fingerprint density at radius 2 is 1.52 bits per heavy atom. The van der Waals surface area contributed by atoms with Crippen LogP contribution in [0.1, 0.15) is 41.2 Å². The average Bonchev–Trinajstić information content (AvgIpc) is 2.84. The van der Waals surface area contributed by atoms with Crippen molar-refractivity contribution in [3.05, 3.63) is 47.5 Å². The molecule has 2 aromatic carbocycles. The SMILES string of the molecule is COc1ccc([C@@H](CNC(=O)c2cc(OC)c(OC)c(OC)c2)N2CCCCC2)cc1. The van der Waals surface area contributed by atoms with Gasteiger partial charge in [0.15, 0.2) is 11.5 Å². The number of nitrogens with zero attached hydrogens (tertiary/aromatic N) is 1. The van der Waals surface area contributed by atoms with E-state index in [0.717, 1.165) is 24.4 Å². The maximum absolute atomic E-state index is 13.0. The molecular weight excluding hydrogens is 396 g/mol. The van der Waals surface area contributed by atoms with Crippen molar-refractivity contribution in [1.29, 1.82) is 0 Å². The van der Waals surface area contributed by atoms with Gasteiger partial charge in [-0.25, -0.2) is 0 Å². The van der Waals surface area contributed by atoms with Crippen LogP contribution in [0.25, 0.3) is 0 Å². The number of hydrogen-bond donors (Lipinski definition) is 1. The first kappa shape index (κ1) is 22.7. The molecule has 1 saturated heterocycles. The fourth-order valence-corrected chi connectivity index (χ4v) is 4.02. The van der Waals surface area contributed by atoms with E-state index < -0.39 is 0 Å². The van der Waals surface area contributed by atoms with Crippen LogP contribution in [0.5, 0.6) is 23.0 Å². The van der Waals surface area contributed by atoms with E-state index in [0.29, 0.717) is 29.4 Å². The lowest BCUT2D eigenvalue weighted by molar-refractivity contribution is 0.0923. The molecular formula is C24H32N2O5. The van der Waals surface area contributed by atoms with Crippen molar-refractivity contribution in [1.82, 2.24) is 10.2 Å². The molecule has 1 atom stereocenters. The highest BCUT2D eigenvalue weighted by Crippen LogP contribution is 2.38. The van der Waals surface area contributed by atoms with Crippen molar-refractivity contribution in [2.75, 3.05) is 48.1 Å². The van der Waals surface area contributed by atoms with Crippen molar-refractivity contribution in [2.24, 2.45) is 0 Å². The zero-order chi connectivity index (χ0) is 22.2. The molecule has 0 aromatic heterocycles. The van der Waals surface area contributed by atoms with Crippen molar-refractivity contribution in [3.63, 3.8) is 0 Å². The monoisotopic (exact) mass is 428 g/mol. The summed E-state index contributed by atoms with van der Waals surface area (Å²) >= 11 is 0. The quantitative estimate of drug-likeness (QED) is 0.657.